The van der Waals surface area contributed by atoms with Crippen LogP contribution in [0.2, 0.25) is 0 Å². The van der Waals surface area contributed by atoms with E-state index in [-0.39, 0.29) is 30.5 Å². The molecule has 2 amide bonds. The Morgan fingerprint density at radius 1 is 1.58 bits per heavy atom. The Balaban J connectivity index is 1.77. The van der Waals surface area contributed by atoms with Gasteiger partial charge < -0.3 is 15.3 Å². The Labute approximate surface area is 144 Å². The molecule has 2 N–H and O–H groups in total. The van der Waals surface area contributed by atoms with Crippen LogP contribution in [0.15, 0.2) is 35.8 Å². The number of carbonyl (C=O) groups is 1. The lowest BCUT2D eigenvalue weighted by Gasteiger charge is -2.27. The average Bonchev–Trinajstić information content (AvgIpc) is 3.22. The Bertz CT molecular complexity index is 695. The van der Waals surface area contributed by atoms with Crippen molar-refractivity contribution in [1.29, 1.82) is 0 Å². The highest BCUT2D eigenvalue weighted by Gasteiger charge is 2.36. The summed E-state index contributed by atoms with van der Waals surface area (Å²) in [6.45, 7) is 2.22. The molecule has 3 atom stereocenters. The fraction of sp³-hybridized carbons (Fsp3) is 0.412. The first kappa shape index (κ1) is 16.9. The molecular weight excluding hydrogens is 329 g/mol. The molecule has 1 aromatic heterocycles. The molecule has 0 bridgehead atoms. The van der Waals surface area contributed by atoms with E-state index in [1.54, 1.807) is 23.2 Å². The van der Waals surface area contributed by atoms with Crippen LogP contribution in [0.3, 0.4) is 0 Å². The molecule has 3 rings (SSSR count). The molecule has 1 fully saturated rings. The SMILES string of the molecule is CCC(NC(=O)N1CC(O)CC1c1cccc(F)c1)c1nccs1. The smallest absolute Gasteiger partial charge is 0.318 e. The standard InChI is InChI=1S/C17H20FN3O2S/c1-2-14(16-19-6-7-24-16)20-17(23)21-10-13(22)9-15(21)11-4-3-5-12(18)8-11/h3-8,13-15,22H,2,9-10H2,1H3,(H,20,23). The van der Waals surface area contributed by atoms with Gasteiger partial charge in [-0.15, -0.1) is 11.3 Å². The summed E-state index contributed by atoms with van der Waals surface area (Å²) >= 11 is 1.50. The third kappa shape index (κ3) is 3.57. The number of benzene rings is 1. The number of hydrogen-bond donors (Lipinski definition) is 2. The molecular formula is C17H20FN3O2S. The zero-order valence-electron chi connectivity index (χ0n) is 13.4. The van der Waals surface area contributed by atoms with Crippen molar-refractivity contribution in [2.75, 3.05) is 6.54 Å². The van der Waals surface area contributed by atoms with Crippen molar-refractivity contribution in [1.82, 2.24) is 15.2 Å². The first-order valence-corrected chi connectivity index (χ1v) is 8.86. The van der Waals surface area contributed by atoms with Crippen LogP contribution in [0, 0.1) is 5.82 Å². The van der Waals surface area contributed by atoms with E-state index < -0.39 is 6.10 Å². The summed E-state index contributed by atoms with van der Waals surface area (Å²) in [5.74, 6) is -0.344. The van der Waals surface area contributed by atoms with Crippen molar-refractivity contribution in [3.63, 3.8) is 0 Å². The van der Waals surface area contributed by atoms with Gasteiger partial charge in [0.2, 0.25) is 0 Å². The van der Waals surface area contributed by atoms with E-state index in [0.717, 1.165) is 11.4 Å². The highest BCUT2D eigenvalue weighted by atomic mass is 32.1. The molecule has 0 radical (unpaired) electrons. The van der Waals surface area contributed by atoms with Crippen molar-refractivity contribution in [2.45, 2.75) is 38.0 Å². The predicted octanol–water partition coefficient (Wildman–Crippen LogP) is 3.25. The van der Waals surface area contributed by atoms with Gasteiger partial charge in [0.05, 0.1) is 18.2 Å². The maximum absolute atomic E-state index is 13.5. The van der Waals surface area contributed by atoms with Crippen molar-refractivity contribution >= 4 is 17.4 Å². The van der Waals surface area contributed by atoms with Crippen LogP contribution in [-0.2, 0) is 0 Å². The topological polar surface area (TPSA) is 65.5 Å². The second-order valence-electron chi connectivity index (χ2n) is 5.89. The fourth-order valence-electron chi connectivity index (χ4n) is 3.05. The zero-order chi connectivity index (χ0) is 17.1. The third-order valence-corrected chi connectivity index (χ3v) is 5.12. The number of amides is 2. The molecule has 2 aromatic rings. The van der Waals surface area contributed by atoms with Crippen LogP contribution < -0.4 is 5.32 Å². The number of nitrogens with one attached hydrogen (secondary N) is 1. The van der Waals surface area contributed by atoms with Crippen LogP contribution in [0.5, 0.6) is 0 Å². The highest BCUT2D eigenvalue weighted by molar-refractivity contribution is 7.09. The molecule has 1 aliphatic rings. The normalized spacial score (nSPS) is 21.7. The van der Waals surface area contributed by atoms with Gasteiger partial charge in [0.1, 0.15) is 10.8 Å². The quantitative estimate of drug-likeness (QED) is 0.890. The van der Waals surface area contributed by atoms with Crippen LogP contribution in [0.4, 0.5) is 9.18 Å². The van der Waals surface area contributed by atoms with Gasteiger partial charge in [-0.1, -0.05) is 19.1 Å². The molecule has 1 saturated heterocycles. The van der Waals surface area contributed by atoms with Crippen molar-refractivity contribution in [2.24, 2.45) is 0 Å². The molecule has 0 spiro atoms. The minimum atomic E-state index is -0.607. The summed E-state index contributed by atoms with van der Waals surface area (Å²) in [6, 6.07) is 5.44. The second-order valence-corrected chi connectivity index (χ2v) is 6.82. The molecule has 0 saturated carbocycles. The number of β-amino-alcohol motifs (C(OH)–C–C–N with tert-alkyl or cyclic N) is 1. The fourth-order valence-corrected chi connectivity index (χ4v) is 3.82. The molecule has 0 aliphatic carbocycles. The second kappa shape index (κ2) is 7.27. The predicted molar refractivity (Wildman–Crippen MR) is 90.1 cm³/mol. The van der Waals surface area contributed by atoms with Gasteiger partial charge in [-0.25, -0.2) is 14.2 Å². The van der Waals surface area contributed by atoms with E-state index in [9.17, 15) is 14.3 Å². The zero-order valence-corrected chi connectivity index (χ0v) is 14.2. The number of hydrogen-bond acceptors (Lipinski definition) is 4. The van der Waals surface area contributed by atoms with Crippen molar-refractivity contribution in [3.05, 3.63) is 52.2 Å². The van der Waals surface area contributed by atoms with Gasteiger partial charge in [0, 0.05) is 18.1 Å². The van der Waals surface area contributed by atoms with E-state index in [1.165, 1.54) is 23.5 Å². The van der Waals surface area contributed by atoms with E-state index in [2.05, 4.69) is 10.3 Å². The van der Waals surface area contributed by atoms with Crippen LogP contribution in [-0.4, -0.2) is 33.7 Å². The van der Waals surface area contributed by atoms with Gasteiger partial charge >= 0.3 is 6.03 Å². The Kier molecular flexibility index (Phi) is 5.11. The van der Waals surface area contributed by atoms with Gasteiger partial charge in [0.15, 0.2) is 0 Å². The first-order chi connectivity index (χ1) is 11.6. The summed E-state index contributed by atoms with van der Waals surface area (Å²) in [7, 11) is 0. The Hall–Kier alpha value is -1.99. The van der Waals surface area contributed by atoms with E-state index in [1.807, 2.05) is 12.3 Å². The number of halogens is 1. The van der Waals surface area contributed by atoms with Crippen LogP contribution >= 0.6 is 11.3 Å². The number of nitrogens with zero attached hydrogens (tertiary/aromatic N) is 2. The van der Waals surface area contributed by atoms with E-state index in [4.69, 9.17) is 0 Å². The number of likely N-dealkylation sites (tertiary alicyclic amines) is 1. The molecule has 2 heterocycles. The number of aliphatic hydroxyl groups is 1. The Morgan fingerprint density at radius 2 is 2.42 bits per heavy atom. The Morgan fingerprint density at radius 3 is 3.08 bits per heavy atom. The maximum atomic E-state index is 13.5. The number of carbonyl (C=O) groups excluding carboxylic acids is 1. The molecule has 24 heavy (non-hydrogen) atoms. The summed E-state index contributed by atoms with van der Waals surface area (Å²) in [6.07, 6.45) is 2.23. The van der Waals surface area contributed by atoms with Crippen LogP contribution in [0.25, 0.3) is 0 Å². The highest BCUT2D eigenvalue weighted by Crippen LogP contribution is 2.33. The van der Waals surface area contributed by atoms with Gasteiger partial charge in [0.25, 0.3) is 0 Å². The largest absolute Gasteiger partial charge is 0.391 e. The summed E-state index contributed by atoms with van der Waals surface area (Å²) < 4.78 is 13.5. The first-order valence-electron chi connectivity index (χ1n) is 7.98. The van der Waals surface area contributed by atoms with Gasteiger partial charge in [-0.3, -0.25) is 0 Å². The van der Waals surface area contributed by atoms with Crippen LogP contribution in [0.1, 0.15) is 42.4 Å². The minimum Gasteiger partial charge on any atom is -0.391 e. The van der Waals surface area contributed by atoms with Gasteiger partial charge in [-0.05, 0) is 30.5 Å². The number of aromatic nitrogens is 1. The molecule has 128 valence electrons. The minimum absolute atomic E-state index is 0.164. The lowest BCUT2D eigenvalue weighted by atomic mass is 10.0. The summed E-state index contributed by atoms with van der Waals surface area (Å²) in [4.78, 5) is 18.5. The lowest BCUT2D eigenvalue weighted by Crippen LogP contribution is -2.41. The third-order valence-electron chi connectivity index (χ3n) is 4.23. The molecule has 7 heteroatoms. The number of urea groups is 1. The number of rotatable bonds is 4. The monoisotopic (exact) mass is 349 g/mol. The molecule has 3 unspecified atom stereocenters. The lowest BCUT2D eigenvalue weighted by molar-refractivity contribution is 0.167. The van der Waals surface area contributed by atoms with E-state index >= 15 is 0 Å². The van der Waals surface area contributed by atoms with Crippen molar-refractivity contribution in [3.8, 4) is 0 Å². The number of thiazole rings is 1. The van der Waals surface area contributed by atoms with E-state index in [0.29, 0.717) is 12.0 Å². The van der Waals surface area contributed by atoms with Gasteiger partial charge in [-0.2, -0.15) is 0 Å². The maximum Gasteiger partial charge on any atom is 0.318 e. The molecule has 1 aromatic carbocycles. The molecule has 1 aliphatic heterocycles. The number of aliphatic hydroxyl groups excluding tert-OH is 1. The summed E-state index contributed by atoms with van der Waals surface area (Å²) in [5, 5.41) is 15.7. The molecule has 5 nitrogen and oxygen atoms in total. The average molecular weight is 349 g/mol. The van der Waals surface area contributed by atoms with Crippen molar-refractivity contribution < 1.29 is 14.3 Å². The summed E-state index contributed by atoms with van der Waals surface area (Å²) in [5.41, 5.74) is 0.698.